The van der Waals surface area contributed by atoms with Gasteiger partial charge in [0.2, 0.25) is 0 Å². The minimum Gasteiger partial charge on any atom is -0.304 e. The van der Waals surface area contributed by atoms with Gasteiger partial charge in [0.25, 0.3) is 0 Å². The van der Waals surface area contributed by atoms with Crippen LogP contribution in [0.3, 0.4) is 0 Å². The Balaban J connectivity index is 4.99. The first kappa shape index (κ1) is 11.8. The smallest absolute Gasteiger partial charge is 0.304 e. The Morgan fingerprint density at radius 2 is 1.50 bits per heavy atom. The van der Waals surface area contributed by atoms with E-state index in [0.29, 0.717) is 0 Å². The van der Waals surface area contributed by atoms with Crippen LogP contribution in [0, 0.1) is 0 Å². The minimum atomic E-state index is -6.46. The lowest BCUT2D eigenvalue weighted by Gasteiger charge is -2.20. The van der Waals surface area contributed by atoms with E-state index in [1.807, 2.05) is 0 Å². The minimum absolute atomic E-state index is 0.167. The molecule has 1 atom stereocenters. The first-order chi connectivity index (χ1) is 5.06. The molecule has 0 aromatic heterocycles. The van der Waals surface area contributed by atoms with Crippen LogP contribution in [0.5, 0.6) is 0 Å². The highest BCUT2D eigenvalue weighted by Crippen LogP contribution is 2.67. The number of alkyl halides is 5. The van der Waals surface area contributed by atoms with Gasteiger partial charge in [-0.05, 0) is 0 Å². The summed E-state index contributed by atoms with van der Waals surface area (Å²) in [6.45, 7) is 0. The molecule has 0 aromatic rings. The maximum Gasteiger partial charge on any atom is 0.466 e. The molecule has 0 radical (unpaired) electrons. The van der Waals surface area contributed by atoms with Crippen molar-refractivity contribution < 1.29 is 35.2 Å². The van der Waals surface area contributed by atoms with E-state index in [1.165, 1.54) is 0 Å². The van der Waals surface area contributed by atoms with E-state index >= 15 is 0 Å². The second-order valence-corrected chi connectivity index (χ2v) is 3.59. The van der Waals surface area contributed by atoms with Gasteiger partial charge >= 0.3 is 19.5 Å². The maximum absolute atomic E-state index is 12.0. The fourth-order valence-electron chi connectivity index (χ4n) is 0.266. The zero-order valence-corrected chi connectivity index (χ0v) is 6.43. The predicted molar refractivity (Wildman–Crippen MR) is 26.7 cm³/mol. The fourth-order valence-corrected chi connectivity index (χ4v) is 0.798. The molecule has 0 saturated heterocycles. The van der Waals surface area contributed by atoms with Crippen LogP contribution in [0.2, 0.25) is 0 Å². The molecule has 2 nitrogen and oxygen atoms in total. The second-order valence-electron chi connectivity index (χ2n) is 1.70. The Kier molecular flexibility index (Phi) is 2.86. The van der Waals surface area contributed by atoms with Crippen LogP contribution in [-0.4, -0.2) is 18.9 Å². The number of hydrogen-bond acceptors (Lipinski definition) is 2. The highest BCUT2D eigenvalue weighted by atomic mass is 31.2. The first-order valence-corrected chi connectivity index (χ1v) is 3.88. The predicted octanol–water partition coefficient (Wildman–Crippen LogP) is 2.95. The van der Waals surface area contributed by atoms with Crippen molar-refractivity contribution in [3.63, 3.8) is 0 Å². The molecule has 0 aliphatic carbocycles. The lowest BCUT2D eigenvalue weighted by molar-refractivity contribution is -0.247. The van der Waals surface area contributed by atoms with Gasteiger partial charge in [-0.1, -0.05) is 0 Å². The van der Waals surface area contributed by atoms with Crippen molar-refractivity contribution in [2.75, 3.05) is 7.11 Å². The van der Waals surface area contributed by atoms with Gasteiger partial charge < -0.3 is 4.52 Å². The van der Waals surface area contributed by atoms with Crippen LogP contribution in [0.4, 0.5) is 26.1 Å². The number of hydrogen-bond donors (Lipinski definition) is 0. The molecule has 0 aliphatic rings. The van der Waals surface area contributed by atoms with Crippen LogP contribution in [0.15, 0.2) is 0 Å². The van der Waals surface area contributed by atoms with E-state index in [9.17, 15) is 30.7 Å². The average Bonchev–Trinajstić information content (AvgIpc) is 1.85. The molecule has 0 N–H and O–H groups in total. The van der Waals surface area contributed by atoms with Crippen LogP contribution < -0.4 is 0 Å². The topological polar surface area (TPSA) is 26.3 Å². The molecular weight excluding hydrogens is 213 g/mol. The highest BCUT2D eigenvalue weighted by Gasteiger charge is 2.71. The van der Waals surface area contributed by atoms with Gasteiger partial charge in [0.05, 0.1) is 0 Å². The summed E-state index contributed by atoms with van der Waals surface area (Å²) in [7, 11) is -6.29. The summed E-state index contributed by atoms with van der Waals surface area (Å²) >= 11 is 0. The zero-order chi connectivity index (χ0) is 10.2. The number of halogens is 6. The Morgan fingerprint density at radius 3 is 1.58 bits per heavy atom. The van der Waals surface area contributed by atoms with Gasteiger partial charge in [-0.2, -0.15) is 26.1 Å². The molecule has 0 spiro atoms. The molecule has 0 heterocycles. The van der Waals surface area contributed by atoms with E-state index in [1.54, 1.807) is 0 Å². The summed E-state index contributed by atoms with van der Waals surface area (Å²) in [5.74, 6) is 0. The van der Waals surface area contributed by atoms with Gasteiger partial charge in [-0.3, -0.25) is 0 Å². The number of rotatable bonds is 2. The molecule has 1 unspecified atom stereocenters. The second kappa shape index (κ2) is 2.92. The highest BCUT2D eigenvalue weighted by molar-refractivity contribution is 7.54. The molecule has 0 saturated carbocycles. The summed E-state index contributed by atoms with van der Waals surface area (Å²) in [6, 6.07) is 0. The van der Waals surface area contributed by atoms with Gasteiger partial charge in [0.1, 0.15) is 0 Å². The third-order valence-corrected chi connectivity index (χ3v) is 2.31. The normalized spacial score (nSPS) is 18.9. The molecule has 74 valence electrons. The van der Waals surface area contributed by atoms with Crippen molar-refractivity contribution in [2.45, 2.75) is 11.8 Å². The Labute approximate surface area is 63.1 Å². The monoisotopic (exact) mass is 216 g/mol. The van der Waals surface area contributed by atoms with Crippen molar-refractivity contribution in [1.29, 1.82) is 0 Å². The summed E-state index contributed by atoms with van der Waals surface area (Å²) in [6.07, 6.45) is -6.21. The lowest BCUT2D eigenvalue weighted by atomic mass is 10.7. The fraction of sp³-hybridized carbons (Fsp3) is 1.00. The summed E-state index contributed by atoms with van der Waals surface area (Å²) in [5, 5.41) is 0. The molecule has 0 rings (SSSR count). The average molecular weight is 216 g/mol. The first-order valence-electron chi connectivity index (χ1n) is 2.36. The summed E-state index contributed by atoms with van der Waals surface area (Å²) in [4.78, 5) is 0. The largest absolute Gasteiger partial charge is 0.466 e. The molecule has 0 aromatic carbocycles. The third-order valence-electron chi connectivity index (χ3n) is 0.911. The van der Waals surface area contributed by atoms with Crippen molar-refractivity contribution in [2.24, 2.45) is 0 Å². The van der Waals surface area contributed by atoms with E-state index in [2.05, 4.69) is 4.52 Å². The van der Waals surface area contributed by atoms with Gasteiger partial charge in [-0.25, -0.2) is 4.57 Å². The van der Waals surface area contributed by atoms with Crippen LogP contribution in [0.25, 0.3) is 0 Å². The van der Waals surface area contributed by atoms with Gasteiger partial charge in [0, 0.05) is 7.11 Å². The summed E-state index contributed by atoms with van der Waals surface area (Å²) in [5.41, 5.74) is -5.95. The molecule has 0 bridgehead atoms. The molecule has 12 heavy (non-hydrogen) atoms. The van der Waals surface area contributed by atoms with E-state index in [4.69, 9.17) is 0 Å². The van der Waals surface area contributed by atoms with Crippen LogP contribution in [0.1, 0.15) is 0 Å². The van der Waals surface area contributed by atoms with Crippen LogP contribution >= 0.6 is 7.68 Å². The lowest BCUT2D eigenvalue weighted by Crippen LogP contribution is -2.35. The van der Waals surface area contributed by atoms with E-state index in [-0.39, 0.29) is 7.11 Å². The van der Waals surface area contributed by atoms with Gasteiger partial charge in [-0.15, -0.1) is 0 Å². The molecule has 0 aliphatic heterocycles. The van der Waals surface area contributed by atoms with Crippen molar-refractivity contribution in [3.05, 3.63) is 0 Å². The summed E-state index contributed by atoms with van der Waals surface area (Å²) < 4.78 is 82.3. The van der Waals surface area contributed by atoms with Crippen molar-refractivity contribution in [1.82, 2.24) is 0 Å². The van der Waals surface area contributed by atoms with E-state index in [0.717, 1.165) is 0 Å². The maximum atomic E-state index is 12.0. The Hall–Kier alpha value is -0.230. The van der Waals surface area contributed by atoms with Crippen molar-refractivity contribution >= 4 is 7.68 Å². The quantitative estimate of drug-likeness (QED) is 0.523. The van der Waals surface area contributed by atoms with E-state index < -0.39 is 19.5 Å². The van der Waals surface area contributed by atoms with Crippen LogP contribution in [-0.2, 0) is 9.09 Å². The SMILES string of the molecule is COP(=O)(F)C(F)(F)C(F)(F)F. The Bertz CT molecular complexity index is 209. The standard InChI is InChI=1S/C3H3F6O2P/c1-11-12(9,10)3(7,8)2(4,5)6/h1H3. The van der Waals surface area contributed by atoms with Crippen molar-refractivity contribution in [3.8, 4) is 0 Å². The van der Waals surface area contributed by atoms with Gasteiger partial charge in [0.15, 0.2) is 0 Å². The molecular formula is C3H3F6O2P. The molecule has 9 heteroatoms. The third kappa shape index (κ3) is 1.74. The molecule has 0 fully saturated rings. The Morgan fingerprint density at radius 1 is 1.17 bits per heavy atom. The molecule has 0 amide bonds. The zero-order valence-electron chi connectivity index (χ0n) is 5.53.